The van der Waals surface area contributed by atoms with Crippen molar-refractivity contribution < 1.29 is 13.5 Å². The van der Waals surface area contributed by atoms with Crippen molar-refractivity contribution in [2.75, 3.05) is 13.2 Å². The van der Waals surface area contributed by atoms with E-state index >= 15 is 0 Å². The predicted octanol–water partition coefficient (Wildman–Crippen LogP) is 5.29. The molecule has 0 aliphatic carbocycles. The third-order valence-corrected chi connectivity index (χ3v) is 4.05. The Labute approximate surface area is 139 Å². The molecule has 0 saturated carbocycles. The molecule has 0 heterocycles. The first-order chi connectivity index (χ1) is 10.1. The van der Waals surface area contributed by atoms with E-state index in [1.165, 1.54) is 12.1 Å². The summed E-state index contributed by atoms with van der Waals surface area (Å²) in [4.78, 5) is 0. The first-order valence-corrected chi connectivity index (χ1v) is 8.10. The van der Waals surface area contributed by atoms with E-state index in [9.17, 15) is 8.78 Å². The molecule has 0 saturated heterocycles. The molecule has 0 fully saturated rings. The number of benzene rings is 2. The average molecular weight is 420 g/mol. The predicted molar refractivity (Wildman–Crippen MR) is 86.4 cm³/mol. The lowest BCUT2D eigenvalue weighted by Crippen LogP contribution is -2.05. The molecule has 0 bridgehead atoms. The zero-order valence-electron chi connectivity index (χ0n) is 11.2. The van der Waals surface area contributed by atoms with Gasteiger partial charge in [-0.2, -0.15) is 0 Å². The van der Waals surface area contributed by atoms with Crippen molar-refractivity contribution in [3.05, 3.63) is 68.1 Å². The van der Waals surface area contributed by atoms with Crippen molar-refractivity contribution in [2.24, 2.45) is 0 Å². The Hall–Kier alpha value is -0.780. The summed E-state index contributed by atoms with van der Waals surface area (Å²) in [6.45, 7) is 0.827. The summed E-state index contributed by atoms with van der Waals surface area (Å²) >= 11 is 6.43. The van der Waals surface area contributed by atoms with Gasteiger partial charge in [0, 0.05) is 8.95 Å². The van der Waals surface area contributed by atoms with Crippen LogP contribution in [-0.4, -0.2) is 13.2 Å². The summed E-state index contributed by atoms with van der Waals surface area (Å²) in [5.74, 6) is -0.487. The molecular formula is C16H14Br2F2O. The van der Waals surface area contributed by atoms with Crippen LogP contribution in [0.2, 0.25) is 0 Å². The van der Waals surface area contributed by atoms with Crippen molar-refractivity contribution in [1.29, 1.82) is 0 Å². The van der Waals surface area contributed by atoms with Crippen molar-refractivity contribution in [1.82, 2.24) is 0 Å². The van der Waals surface area contributed by atoms with Gasteiger partial charge in [-0.15, -0.1) is 0 Å². The lowest BCUT2D eigenvalue weighted by Gasteiger charge is -2.07. The summed E-state index contributed by atoms with van der Waals surface area (Å²) in [5.41, 5.74) is 1.24. The lowest BCUT2D eigenvalue weighted by atomic mass is 10.1. The van der Waals surface area contributed by atoms with Crippen molar-refractivity contribution >= 4 is 31.9 Å². The smallest absolute Gasteiger partial charge is 0.127 e. The van der Waals surface area contributed by atoms with Crippen LogP contribution >= 0.6 is 31.9 Å². The molecule has 2 aromatic carbocycles. The standard InChI is InChI=1S/C16H14Br2F2O/c17-13-3-1-11(15(19)9-13)5-7-21-8-6-12-2-4-14(18)10-16(12)20/h1-4,9-10H,5-8H2. The molecule has 0 spiro atoms. The molecular weight excluding hydrogens is 406 g/mol. The molecule has 2 rings (SSSR count). The maximum atomic E-state index is 13.6. The molecule has 0 aliphatic heterocycles. The zero-order valence-corrected chi connectivity index (χ0v) is 14.4. The van der Waals surface area contributed by atoms with Gasteiger partial charge in [0.15, 0.2) is 0 Å². The first kappa shape index (κ1) is 16.6. The monoisotopic (exact) mass is 418 g/mol. The summed E-state index contributed by atoms with van der Waals surface area (Å²) in [6, 6.07) is 9.94. The second-order valence-electron chi connectivity index (χ2n) is 4.58. The fraction of sp³-hybridized carbons (Fsp3) is 0.250. The van der Waals surface area contributed by atoms with E-state index in [2.05, 4.69) is 31.9 Å². The Morgan fingerprint density at radius 2 is 1.19 bits per heavy atom. The van der Waals surface area contributed by atoms with Crippen LogP contribution in [0.1, 0.15) is 11.1 Å². The summed E-state index contributed by atoms with van der Waals surface area (Å²) in [5, 5.41) is 0. The van der Waals surface area contributed by atoms with Crippen LogP contribution in [0.4, 0.5) is 8.78 Å². The minimum atomic E-state index is -0.244. The minimum Gasteiger partial charge on any atom is -0.381 e. The normalized spacial score (nSPS) is 10.9. The van der Waals surface area contributed by atoms with E-state index < -0.39 is 0 Å². The highest BCUT2D eigenvalue weighted by atomic mass is 79.9. The van der Waals surface area contributed by atoms with Gasteiger partial charge in [-0.3, -0.25) is 0 Å². The minimum absolute atomic E-state index is 0.244. The van der Waals surface area contributed by atoms with E-state index in [0.717, 1.165) is 8.95 Å². The second-order valence-corrected chi connectivity index (χ2v) is 6.42. The topological polar surface area (TPSA) is 9.23 Å². The highest BCUT2D eigenvalue weighted by Gasteiger charge is 2.04. The van der Waals surface area contributed by atoms with Crippen molar-refractivity contribution in [2.45, 2.75) is 12.8 Å². The summed E-state index contributed by atoms with van der Waals surface area (Å²) in [6.07, 6.45) is 1.00. The van der Waals surface area contributed by atoms with Gasteiger partial charge in [0.1, 0.15) is 11.6 Å². The number of hydrogen-bond acceptors (Lipinski definition) is 1. The molecule has 0 atom stereocenters. The molecule has 0 N–H and O–H groups in total. The third-order valence-electron chi connectivity index (χ3n) is 3.06. The molecule has 21 heavy (non-hydrogen) atoms. The quantitative estimate of drug-likeness (QED) is 0.578. The van der Waals surface area contributed by atoms with Crippen LogP contribution in [0, 0.1) is 11.6 Å². The van der Waals surface area contributed by atoms with Gasteiger partial charge in [0.25, 0.3) is 0 Å². The molecule has 0 aliphatic rings. The molecule has 0 aromatic heterocycles. The SMILES string of the molecule is Fc1cc(Br)ccc1CCOCCc1ccc(Br)cc1F. The molecule has 1 nitrogen and oxygen atoms in total. The van der Waals surface area contributed by atoms with E-state index in [1.807, 2.05) is 0 Å². The molecule has 0 unspecified atom stereocenters. The Morgan fingerprint density at radius 1 is 0.762 bits per heavy atom. The largest absolute Gasteiger partial charge is 0.381 e. The summed E-state index contributed by atoms with van der Waals surface area (Å²) < 4.78 is 34.0. The number of ether oxygens (including phenoxy) is 1. The molecule has 0 radical (unpaired) electrons. The van der Waals surface area contributed by atoms with Gasteiger partial charge in [0.05, 0.1) is 13.2 Å². The van der Waals surface area contributed by atoms with Crippen molar-refractivity contribution in [3.63, 3.8) is 0 Å². The fourth-order valence-corrected chi connectivity index (χ4v) is 2.58. The highest BCUT2D eigenvalue weighted by molar-refractivity contribution is 9.10. The van der Waals surface area contributed by atoms with Crippen LogP contribution < -0.4 is 0 Å². The van der Waals surface area contributed by atoms with E-state index in [1.54, 1.807) is 24.3 Å². The van der Waals surface area contributed by atoms with Crippen LogP contribution in [0.3, 0.4) is 0 Å². The van der Waals surface area contributed by atoms with Crippen LogP contribution in [0.25, 0.3) is 0 Å². The van der Waals surface area contributed by atoms with Gasteiger partial charge in [0.2, 0.25) is 0 Å². The average Bonchev–Trinajstić information content (AvgIpc) is 2.42. The molecule has 5 heteroatoms. The maximum absolute atomic E-state index is 13.6. The van der Waals surface area contributed by atoms with Gasteiger partial charge in [-0.1, -0.05) is 44.0 Å². The van der Waals surface area contributed by atoms with Crippen LogP contribution in [-0.2, 0) is 17.6 Å². The third kappa shape index (κ3) is 5.16. The van der Waals surface area contributed by atoms with E-state index in [-0.39, 0.29) is 11.6 Å². The van der Waals surface area contributed by atoms with E-state index in [4.69, 9.17) is 4.74 Å². The fourth-order valence-electron chi connectivity index (χ4n) is 1.92. The second kappa shape index (κ2) is 8.01. The van der Waals surface area contributed by atoms with E-state index in [0.29, 0.717) is 37.2 Å². The van der Waals surface area contributed by atoms with Gasteiger partial charge in [-0.25, -0.2) is 8.78 Å². The number of halogens is 4. The van der Waals surface area contributed by atoms with Gasteiger partial charge >= 0.3 is 0 Å². The Balaban J connectivity index is 1.75. The Kier molecular flexibility index (Phi) is 6.33. The van der Waals surface area contributed by atoms with Crippen molar-refractivity contribution in [3.8, 4) is 0 Å². The zero-order chi connectivity index (χ0) is 15.2. The molecule has 2 aromatic rings. The maximum Gasteiger partial charge on any atom is 0.127 e. The van der Waals surface area contributed by atoms with Crippen LogP contribution in [0.15, 0.2) is 45.3 Å². The Bertz CT molecular complexity index is 564. The highest BCUT2D eigenvalue weighted by Crippen LogP contribution is 2.17. The lowest BCUT2D eigenvalue weighted by molar-refractivity contribution is 0.139. The number of rotatable bonds is 6. The van der Waals surface area contributed by atoms with Gasteiger partial charge < -0.3 is 4.74 Å². The number of hydrogen-bond donors (Lipinski definition) is 0. The van der Waals surface area contributed by atoms with Gasteiger partial charge in [-0.05, 0) is 48.2 Å². The molecule has 112 valence electrons. The summed E-state index contributed by atoms with van der Waals surface area (Å²) in [7, 11) is 0. The molecule has 0 amide bonds. The Morgan fingerprint density at radius 3 is 1.57 bits per heavy atom. The van der Waals surface area contributed by atoms with Crippen LogP contribution in [0.5, 0.6) is 0 Å². The first-order valence-electron chi connectivity index (χ1n) is 6.52.